The second kappa shape index (κ2) is 27.8. The van der Waals surface area contributed by atoms with Gasteiger partial charge in [-0.15, -0.1) is 0 Å². The molecule has 1 aromatic rings. The Labute approximate surface area is 313 Å². The number of unbranched alkanes of at least 4 members (excludes halogenated alkanes) is 17. The molecular formula is C41H71N3O8. The van der Waals surface area contributed by atoms with Gasteiger partial charge < -0.3 is 39.9 Å². The van der Waals surface area contributed by atoms with Crippen LogP contribution in [-0.2, 0) is 25.7 Å². The number of likely N-dealkylation sites (N-methyl/N-ethyl adjacent to an activating group) is 1. The van der Waals surface area contributed by atoms with E-state index in [4.69, 9.17) is 9.47 Å². The van der Waals surface area contributed by atoms with Crippen molar-refractivity contribution < 1.29 is 39.2 Å². The van der Waals surface area contributed by atoms with Crippen molar-refractivity contribution in [2.75, 3.05) is 26.7 Å². The predicted octanol–water partition coefficient (Wildman–Crippen LogP) is 6.85. The van der Waals surface area contributed by atoms with Crippen LogP contribution in [0.15, 0.2) is 30.3 Å². The molecular weight excluding hydrogens is 662 g/mol. The van der Waals surface area contributed by atoms with Gasteiger partial charge in [-0.1, -0.05) is 153 Å². The maximum Gasteiger partial charge on any atom is 0.410 e. The Kier molecular flexibility index (Phi) is 24.3. The van der Waals surface area contributed by atoms with Gasteiger partial charge in [-0.2, -0.15) is 0 Å². The standard InChI is InChI=1S/C41H71N3O8/c1-4-6-8-10-12-14-16-18-20-25-29-44(36(47)28-24-19-17-15-13-11-9-7-5-2)40-37(39(49)38(48)34(31-45)52-40)42-35(46)30-43(3)41(50)51-32-33-26-22-21-23-27-33/h21-23,26-27,34,37-40,45,48-49H,4-20,24-25,28-32H2,1-3H3,(H,42,46)/t34-,37-,38-,39-,40-/m1/s1. The molecule has 1 fully saturated rings. The van der Waals surface area contributed by atoms with Gasteiger partial charge in [-0.25, -0.2) is 4.79 Å². The summed E-state index contributed by atoms with van der Waals surface area (Å²) in [6.45, 7) is 3.89. The Morgan fingerprint density at radius 3 is 1.81 bits per heavy atom. The minimum absolute atomic E-state index is 0.0482. The highest BCUT2D eigenvalue weighted by Gasteiger charge is 2.48. The third kappa shape index (κ3) is 17.9. The molecule has 1 aliphatic rings. The van der Waals surface area contributed by atoms with E-state index in [9.17, 15) is 29.7 Å². The minimum atomic E-state index is -1.52. The molecule has 11 heteroatoms. The van der Waals surface area contributed by atoms with Crippen molar-refractivity contribution in [1.82, 2.24) is 15.1 Å². The summed E-state index contributed by atoms with van der Waals surface area (Å²) in [5.41, 5.74) is 0.807. The molecule has 4 N–H and O–H groups in total. The zero-order valence-electron chi connectivity index (χ0n) is 32.5. The molecule has 0 bridgehead atoms. The number of hydrogen-bond donors (Lipinski definition) is 4. The highest BCUT2D eigenvalue weighted by Crippen LogP contribution is 2.26. The van der Waals surface area contributed by atoms with E-state index in [0.717, 1.165) is 61.8 Å². The van der Waals surface area contributed by atoms with Gasteiger partial charge in [0.2, 0.25) is 11.8 Å². The van der Waals surface area contributed by atoms with Crippen LogP contribution >= 0.6 is 0 Å². The molecule has 1 saturated heterocycles. The van der Waals surface area contributed by atoms with Crippen LogP contribution in [0.5, 0.6) is 0 Å². The van der Waals surface area contributed by atoms with Crippen molar-refractivity contribution in [1.29, 1.82) is 0 Å². The summed E-state index contributed by atoms with van der Waals surface area (Å²) in [6, 6.07) is 8.01. The first-order valence-corrected chi connectivity index (χ1v) is 20.4. The lowest BCUT2D eigenvalue weighted by atomic mass is 9.94. The minimum Gasteiger partial charge on any atom is -0.445 e. The Morgan fingerprint density at radius 2 is 1.27 bits per heavy atom. The quantitative estimate of drug-likeness (QED) is 0.0684. The van der Waals surface area contributed by atoms with Gasteiger partial charge in [0.05, 0.1) is 6.61 Å². The third-order valence-electron chi connectivity index (χ3n) is 10.00. The van der Waals surface area contributed by atoms with Crippen molar-refractivity contribution in [2.24, 2.45) is 0 Å². The van der Waals surface area contributed by atoms with Crippen LogP contribution in [0.4, 0.5) is 4.79 Å². The molecule has 0 aliphatic carbocycles. The maximum atomic E-state index is 13.9. The second-order valence-corrected chi connectivity index (χ2v) is 14.6. The molecule has 0 saturated carbocycles. The summed E-state index contributed by atoms with van der Waals surface area (Å²) in [6.07, 6.45) is 15.8. The molecule has 11 nitrogen and oxygen atoms in total. The van der Waals surface area contributed by atoms with E-state index in [0.29, 0.717) is 13.0 Å². The predicted molar refractivity (Wildman–Crippen MR) is 204 cm³/mol. The second-order valence-electron chi connectivity index (χ2n) is 14.6. The number of benzene rings is 1. The number of ether oxygens (including phenoxy) is 2. The lowest BCUT2D eigenvalue weighted by Crippen LogP contribution is -2.69. The largest absolute Gasteiger partial charge is 0.445 e. The van der Waals surface area contributed by atoms with Crippen LogP contribution in [0.25, 0.3) is 0 Å². The number of aliphatic hydroxyl groups is 3. The first kappa shape index (κ1) is 45.4. The number of hydrogen-bond acceptors (Lipinski definition) is 8. The Bertz CT molecular complexity index is 1090. The number of nitrogens with one attached hydrogen (secondary N) is 1. The molecule has 1 heterocycles. The number of amides is 3. The molecule has 298 valence electrons. The number of carbonyl (C=O) groups excluding carboxylic acids is 3. The van der Waals surface area contributed by atoms with Gasteiger partial charge in [0.1, 0.15) is 37.5 Å². The zero-order chi connectivity index (χ0) is 38.0. The monoisotopic (exact) mass is 734 g/mol. The average molecular weight is 734 g/mol. The molecule has 0 unspecified atom stereocenters. The lowest BCUT2D eigenvalue weighted by molar-refractivity contribution is -0.231. The summed E-state index contributed by atoms with van der Waals surface area (Å²) in [7, 11) is 1.43. The van der Waals surface area contributed by atoms with Crippen molar-refractivity contribution in [2.45, 2.75) is 179 Å². The van der Waals surface area contributed by atoms with Crippen LogP contribution in [0.1, 0.15) is 148 Å². The summed E-state index contributed by atoms with van der Waals surface area (Å²) in [5, 5.41) is 34.8. The fraction of sp³-hybridized carbons (Fsp3) is 0.780. The van der Waals surface area contributed by atoms with Crippen LogP contribution in [0.2, 0.25) is 0 Å². The first-order valence-electron chi connectivity index (χ1n) is 20.4. The Balaban J connectivity index is 2.06. The highest BCUT2D eigenvalue weighted by molar-refractivity contribution is 5.82. The normalized spacial score (nSPS) is 20.0. The fourth-order valence-corrected chi connectivity index (χ4v) is 6.76. The molecule has 1 aromatic carbocycles. The van der Waals surface area contributed by atoms with Crippen LogP contribution in [0.3, 0.4) is 0 Å². The van der Waals surface area contributed by atoms with Crippen molar-refractivity contribution in [3.63, 3.8) is 0 Å². The summed E-state index contributed by atoms with van der Waals surface area (Å²) < 4.78 is 11.4. The van der Waals surface area contributed by atoms with E-state index in [2.05, 4.69) is 19.2 Å². The number of carbonyl (C=O) groups is 3. The first-order chi connectivity index (χ1) is 25.2. The van der Waals surface area contributed by atoms with E-state index in [1.54, 1.807) is 4.90 Å². The van der Waals surface area contributed by atoms with Crippen LogP contribution in [-0.4, -0.2) is 100 Å². The molecule has 5 atom stereocenters. The number of aliphatic hydroxyl groups excluding tert-OH is 3. The fourth-order valence-electron chi connectivity index (χ4n) is 6.76. The van der Waals surface area contributed by atoms with E-state index >= 15 is 0 Å². The van der Waals surface area contributed by atoms with Crippen LogP contribution in [0, 0.1) is 0 Å². The maximum absolute atomic E-state index is 13.9. The molecule has 2 rings (SSSR count). The third-order valence-corrected chi connectivity index (χ3v) is 10.00. The highest BCUT2D eigenvalue weighted by atomic mass is 16.6. The van der Waals surface area contributed by atoms with Crippen LogP contribution < -0.4 is 5.32 Å². The van der Waals surface area contributed by atoms with Crippen molar-refractivity contribution >= 4 is 17.9 Å². The lowest BCUT2D eigenvalue weighted by Gasteiger charge is -2.47. The van der Waals surface area contributed by atoms with Crippen molar-refractivity contribution in [3.8, 4) is 0 Å². The van der Waals surface area contributed by atoms with Gasteiger partial charge in [-0.3, -0.25) is 9.59 Å². The molecule has 0 aromatic heterocycles. The van der Waals surface area contributed by atoms with Gasteiger partial charge >= 0.3 is 6.09 Å². The Morgan fingerprint density at radius 1 is 0.750 bits per heavy atom. The van der Waals surface area contributed by atoms with Crippen molar-refractivity contribution in [3.05, 3.63) is 35.9 Å². The van der Waals surface area contributed by atoms with E-state index < -0.39 is 49.2 Å². The van der Waals surface area contributed by atoms with E-state index in [1.807, 2.05) is 30.3 Å². The molecule has 1 aliphatic heterocycles. The SMILES string of the molecule is CCCCCCCCCCCCN(C(=O)CCCCCCCCCCC)[C@@H]1O[C@H](CO)[C@@H](O)[C@H](O)[C@H]1NC(=O)CN(C)C(=O)OCc1ccccc1. The number of rotatable bonds is 28. The van der Waals surface area contributed by atoms with E-state index in [-0.39, 0.29) is 19.1 Å². The summed E-state index contributed by atoms with van der Waals surface area (Å²) in [5.74, 6) is -0.762. The summed E-state index contributed by atoms with van der Waals surface area (Å²) in [4.78, 5) is 42.5. The van der Waals surface area contributed by atoms with Gasteiger partial charge in [0.25, 0.3) is 0 Å². The topological polar surface area (TPSA) is 149 Å². The summed E-state index contributed by atoms with van der Waals surface area (Å²) >= 11 is 0. The number of nitrogens with zero attached hydrogens (tertiary/aromatic N) is 2. The smallest absolute Gasteiger partial charge is 0.410 e. The molecule has 0 spiro atoms. The van der Waals surface area contributed by atoms with Gasteiger partial charge in [0, 0.05) is 20.0 Å². The molecule has 52 heavy (non-hydrogen) atoms. The van der Waals surface area contributed by atoms with Gasteiger partial charge in [-0.05, 0) is 18.4 Å². The molecule has 0 radical (unpaired) electrons. The zero-order valence-corrected chi connectivity index (χ0v) is 32.5. The Hall–Kier alpha value is -2.73. The van der Waals surface area contributed by atoms with Gasteiger partial charge in [0.15, 0.2) is 6.23 Å². The molecule has 3 amide bonds. The average Bonchev–Trinajstić information content (AvgIpc) is 3.14. The van der Waals surface area contributed by atoms with E-state index in [1.165, 1.54) is 77.7 Å².